The minimum Gasteiger partial charge on any atom is -0.348 e. The fourth-order valence-corrected chi connectivity index (χ4v) is 2.67. The highest BCUT2D eigenvalue weighted by atomic mass is 19.1. The number of amides is 1. The Balaban J connectivity index is 1.66. The number of rotatable bonds is 3. The van der Waals surface area contributed by atoms with E-state index in [1.165, 1.54) is 29.8 Å². The molecule has 2 aromatic rings. The second-order valence-corrected chi connectivity index (χ2v) is 5.33. The Bertz CT molecular complexity index is 615. The Kier molecular flexibility index (Phi) is 4.01. The minimum absolute atomic E-state index is 0.242. The average molecular weight is 287 g/mol. The molecule has 0 bridgehead atoms. The van der Waals surface area contributed by atoms with Crippen LogP contribution in [0.2, 0.25) is 0 Å². The van der Waals surface area contributed by atoms with Gasteiger partial charge in [0.2, 0.25) is 0 Å². The summed E-state index contributed by atoms with van der Waals surface area (Å²) in [5.41, 5.74) is 1.67. The Labute approximate surface area is 122 Å². The maximum Gasteiger partial charge on any atom is 0.256 e. The lowest BCUT2D eigenvalue weighted by Gasteiger charge is -2.21. The highest BCUT2D eigenvalue weighted by Gasteiger charge is 2.17. The summed E-state index contributed by atoms with van der Waals surface area (Å²) < 4.78 is 12.8. The number of aromatic nitrogens is 1. The summed E-state index contributed by atoms with van der Waals surface area (Å²) in [7, 11) is 0. The average Bonchev–Trinajstić information content (AvgIpc) is 2.97. The normalized spacial score (nSPS) is 15.9. The summed E-state index contributed by atoms with van der Waals surface area (Å²) >= 11 is 0. The second kappa shape index (κ2) is 6.10. The van der Waals surface area contributed by atoms with Gasteiger partial charge in [-0.1, -0.05) is 0 Å². The summed E-state index contributed by atoms with van der Waals surface area (Å²) in [5, 5.41) is 6.14. The quantitative estimate of drug-likeness (QED) is 0.813. The zero-order valence-corrected chi connectivity index (χ0v) is 11.7. The Morgan fingerprint density at radius 2 is 1.90 bits per heavy atom. The summed E-state index contributed by atoms with van der Waals surface area (Å²) in [5.74, 6) is 0.630. The number of hydrogen-bond donors (Lipinski definition) is 3. The highest BCUT2D eigenvalue weighted by Crippen LogP contribution is 2.27. The predicted octanol–water partition coefficient (Wildman–Crippen LogP) is 2.87. The third-order valence-electron chi connectivity index (χ3n) is 3.87. The number of aromatic amines is 1. The van der Waals surface area contributed by atoms with Crippen LogP contribution in [0.1, 0.15) is 34.7 Å². The van der Waals surface area contributed by atoms with Gasteiger partial charge < -0.3 is 15.6 Å². The summed E-state index contributed by atoms with van der Waals surface area (Å²) in [6, 6.07) is 7.49. The van der Waals surface area contributed by atoms with E-state index in [0.29, 0.717) is 17.3 Å². The smallest absolute Gasteiger partial charge is 0.256 e. The van der Waals surface area contributed by atoms with E-state index in [4.69, 9.17) is 0 Å². The van der Waals surface area contributed by atoms with E-state index >= 15 is 0 Å². The monoisotopic (exact) mass is 287 g/mol. The van der Waals surface area contributed by atoms with Crippen molar-refractivity contribution in [3.05, 3.63) is 53.5 Å². The topological polar surface area (TPSA) is 56.9 Å². The van der Waals surface area contributed by atoms with E-state index in [0.717, 1.165) is 25.9 Å². The largest absolute Gasteiger partial charge is 0.348 e. The lowest BCUT2D eigenvalue weighted by atomic mass is 9.92. The molecule has 1 saturated heterocycles. The zero-order chi connectivity index (χ0) is 14.7. The van der Waals surface area contributed by atoms with E-state index in [-0.39, 0.29) is 11.7 Å². The summed E-state index contributed by atoms with van der Waals surface area (Å²) in [4.78, 5) is 15.1. The van der Waals surface area contributed by atoms with Gasteiger partial charge >= 0.3 is 0 Å². The molecule has 0 aliphatic carbocycles. The van der Waals surface area contributed by atoms with Crippen molar-refractivity contribution in [3.63, 3.8) is 0 Å². The van der Waals surface area contributed by atoms with Crippen molar-refractivity contribution in [2.45, 2.75) is 18.8 Å². The molecule has 3 N–H and O–H groups in total. The van der Waals surface area contributed by atoms with Crippen molar-refractivity contribution in [2.24, 2.45) is 0 Å². The molecule has 0 spiro atoms. The molecule has 4 nitrogen and oxygen atoms in total. The highest BCUT2D eigenvalue weighted by molar-refractivity contribution is 6.03. The van der Waals surface area contributed by atoms with Crippen LogP contribution in [0.3, 0.4) is 0 Å². The van der Waals surface area contributed by atoms with Crippen LogP contribution >= 0.6 is 0 Å². The number of carbonyl (C=O) groups is 1. The molecule has 0 saturated carbocycles. The maximum absolute atomic E-state index is 12.8. The number of anilines is 1. The minimum atomic E-state index is -0.348. The van der Waals surface area contributed by atoms with E-state index in [9.17, 15) is 9.18 Å². The third-order valence-corrected chi connectivity index (χ3v) is 3.87. The van der Waals surface area contributed by atoms with Crippen molar-refractivity contribution in [3.8, 4) is 0 Å². The van der Waals surface area contributed by atoms with Crippen LogP contribution in [0.4, 0.5) is 10.2 Å². The van der Waals surface area contributed by atoms with Crippen molar-refractivity contribution >= 4 is 11.7 Å². The summed E-state index contributed by atoms with van der Waals surface area (Å²) in [6.07, 6.45) is 4.18. The molecule has 0 unspecified atom stereocenters. The molecule has 110 valence electrons. The van der Waals surface area contributed by atoms with Gasteiger partial charge in [-0.15, -0.1) is 0 Å². The fourth-order valence-electron chi connectivity index (χ4n) is 2.67. The first-order valence-electron chi connectivity index (χ1n) is 7.18. The van der Waals surface area contributed by atoms with Crippen LogP contribution in [0.25, 0.3) is 0 Å². The lowest BCUT2D eigenvalue weighted by Crippen LogP contribution is -2.26. The zero-order valence-electron chi connectivity index (χ0n) is 11.7. The molecule has 0 radical (unpaired) electrons. The van der Waals surface area contributed by atoms with E-state index in [2.05, 4.69) is 15.6 Å². The van der Waals surface area contributed by atoms with Crippen molar-refractivity contribution in [1.82, 2.24) is 10.3 Å². The first-order chi connectivity index (χ1) is 10.2. The number of piperidine rings is 1. The SMILES string of the molecule is O=C(Nc1cc(C2CCNCC2)c[nH]1)c1ccc(F)cc1. The van der Waals surface area contributed by atoms with Crippen molar-refractivity contribution < 1.29 is 9.18 Å². The van der Waals surface area contributed by atoms with E-state index < -0.39 is 0 Å². The van der Waals surface area contributed by atoms with Crippen molar-refractivity contribution in [2.75, 3.05) is 18.4 Å². The Morgan fingerprint density at radius 1 is 1.19 bits per heavy atom. The molecule has 5 heteroatoms. The fraction of sp³-hybridized carbons (Fsp3) is 0.312. The van der Waals surface area contributed by atoms with Crippen LogP contribution in [-0.4, -0.2) is 24.0 Å². The molecule has 0 atom stereocenters. The number of hydrogen-bond acceptors (Lipinski definition) is 2. The Hall–Kier alpha value is -2.14. The molecule has 1 aromatic heterocycles. The molecular weight excluding hydrogens is 269 g/mol. The molecule has 21 heavy (non-hydrogen) atoms. The predicted molar refractivity (Wildman–Crippen MR) is 80.0 cm³/mol. The van der Waals surface area contributed by atoms with Gasteiger partial charge in [-0.25, -0.2) is 4.39 Å². The molecule has 1 amide bonds. The van der Waals surface area contributed by atoms with Gasteiger partial charge in [0.05, 0.1) is 0 Å². The number of H-pyrrole nitrogens is 1. The summed E-state index contributed by atoms with van der Waals surface area (Å²) in [6.45, 7) is 2.07. The number of benzene rings is 1. The van der Waals surface area contributed by atoms with Crippen LogP contribution in [0.15, 0.2) is 36.5 Å². The third kappa shape index (κ3) is 3.31. The van der Waals surface area contributed by atoms with Gasteiger partial charge in [0.1, 0.15) is 11.6 Å². The molecule has 3 rings (SSSR count). The number of carbonyl (C=O) groups excluding carboxylic acids is 1. The van der Waals surface area contributed by atoms with Gasteiger partial charge in [0.15, 0.2) is 0 Å². The Morgan fingerprint density at radius 3 is 2.62 bits per heavy atom. The van der Waals surface area contributed by atoms with Crippen LogP contribution in [-0.2, 0) is 0 Å². The van der Waals surface area contributed by atoms with E-state index in [1.54, 1.807) is 0 Å². The molecule has 1 aliphatic rings. The van der Waals surface area contributed by atoms with Gasteiger partial charge in [0, 0.05) is 11.8 Å². The van der Waals surface area contributed by atoms with Crippen LogP contribution < -0.4 is 10.6 Å². The molecular formula is C16H18FN3O. The second-order valence-electron chi connectivity index (χ2n) is 5.33. The van der Waals surface area contributed by atoms with Crippen molar-refractivity contribution in [1.29, 1.82) is 0 Å². The molecule has 1 aromatic carbocycles. The molecule has 2 heterocycles. The van der Waals surface area contributed by atoms with E-state index in [1.807, 2.05) is 12.3 Å². The van der Waals surface area contributed by atoms with Gasteiger partial charge in [-0.2, -0.15) is 0 Å². The van der Waals surface area contributed by atoms with Crippen LogP contribution in [0, 0.1) is 5.82 Å². The number of nitrogens with one attached hydrogen (secondary N) is 3. The van der Waals surface area contributed by atoms with Gasteiger partial charge in [-0.05, 0) is 67.7 Å². The first-order valence-corrected chi connectivity index (χ1v) is 7.18. The lowest BCUT2D eigenvalue weighted by molar-refractivity contribution is 0.102. The first kappa shape index (κ1) is 13.8. The number of halogens is 1. The van der Waals surface area contributed by atoms with Crippen LogP contribution in [0.5, 0.6) is 0 Å². The van der Waals surface area contributed by atoms with Gasteiger partial charge in [0.25, 0.3) is 5.91 Å². The standard InChI is InChI=1S/C16H18FN3O/c17-14-3-1-12(2-4-14)16(21)20-15-9-13(10-19-15)11-5-7-18-8-6-11/h1-4,9-11,18-19H,5-8H2,(H,20,21). The van der Waals surface area contributed by atoms with Gasteiger partial charge in [-0.3, -0.25) is 4.79 Å². The molecule has 1 fully saturated rings. The maximum atomic E-state index is 12.8. The molecule has 1 aliphatic heterocycles.